The molecule has 0 aliphatic rings. The minimum atomic E-state index is -0.0322. The van der Waals surface area contributed by atoms with Crippen molar-refractivity contribution in [3.63, 3.8) is 0 Å². The summed E-state index contributed by atoms with van der Waals surface area (Å²) in [5.74, 6) is 0.758. The molecule has 0 aliphatic carbocycles. The van der Waals surface area contributed by atoms with E-state index in [0.29, 0.717) is 11.6 Å². The first-order valence-corrected chi connectivity index (χ1v) is 7.12. The van der Waals surface area contributed by atoms with Crippen molar-refractivity contribution in [3.8, 4) is 5.75 Å². The van der Waals surface area contributed by atoms with Crippen LogP contribution in [-0.4, -0.2) is 12.6 Å². The first kappa shape index (κ1) is 14.9. The molecule has 106 valence electrons. The third-order valence-electron chi connectivity index (χ3n) is 3.04. The smallest absolute Gasteiger partial charge is 0.120 e. The maximum absolute atomic E-state index is 6.13. The highest BCUT2D eigenvalue weighted by Crippen LogP contribution is 2.17. The van der Waals surface area contributed by atoms with Gasteiger partial charge in [0, 0.05) is 11.1 Å². The highest BCUT2D eigenvalue weighted by atomic mass is 35.5. The van der Waals surface area contributed by atoms with E-state index in [2.05, 4.69) is 32.0 Å². The van der Waals surface area contributed by atoms with Gasteiger partial charge in [-0.15, -0.1) is 0 Å². The summed E-state index contributed by atoms with van der Waals surface area (Å²) in [6, 6.07) is 13.9. The lowest BCUT2D eigenvalue weighted by Gasteiger charge is -2.14. The Labute approximate surface area is 125 Å². The summed E-state index contributed by atoms with van der Waals surface area (Å²) in [5, 5.41) is 0.672. The number of rotatable bonds is 5. The molecule has 0 bridgehead atoms. The maximum atomic E-state index is 6.13. The molecule has 3 heteroatoms. The molecule has 1 unspecified atom stereocenters. The van der Waals surface area contributed by atoms with E-state index in [1.807, 2.05) is 18.2 Å². The van der Waals surface area contributed by atoms with Gasteiger partial charge in [-0.05, 0) is 44.0 Å². The van der Waals surface area contributed by atoms with Crippen molar-refractivity contribution in [1.29, 1.82) is 0 Å². The van der Waals surface area contributed by atoms with Crippen LogP contribution in [0.3, 0.4) is 0 Å². The van der Waals surface area contributed by atoms with Gasteiger partial charge in [0.2, 0.25) is 0 Å². The Morgan fingerprint density at radius 1 is 1.10 bits per heavy atom. The van der Waals surface area contributed by atoms with Crippen LogP contribution < -0.4 is 10.5 Å². The molecular formula is C17H20ClNO. The average Bonchev–Trinajstić information content (AvgIpc) is 2.35. The third-order valence-corrected chi connectivity index (χ3v) is 3.27. The van der Waals surface area contributed by atoms with E-state index < -0.39 is 0 Å². The fraction of sp³-hybridized carbons (Fsp3) is 0.294. The molecule has 2 nitrogen and oxygen atoms in total. The van der Waals surface area contributed by atoms with Crippen LogP contribution in [0.25, 0.3) is 0 Å². The highest BCUT2D eigenvalue weighted by molar-refractivity contribution is 6.30. The molecule has 2 aromatic carbocycles. The number of benzene rings is 2. The second kappa shape index (κ2) is 6.78. The van der Waals surface area contributed by atoms with Crippen molar-refractivity contribution in [1.82, 2.24) is 0 Å². The monoisotopic (exact) mass is 289 g/mol. The summed E-state index contributed by atoms with van der Waals surface area (Å²) >= 11 is 5.91. The highest BCUT2D eigenvalue weighted by Gasteiger charge is 2.06. The van der Waals surface area contributed by atoms with Crippen LogP contribution in [0.1, 0.15) is 16.7 Å². The Hall–Kier alpha value is -1.51. The lowest BCUT2D eigenvalue weighted by atomic mass is 10.0. The predicted molar refractivity (Wildman–Crippen MR) is 84.5 cm³/mol. The molecule has 0 amide bonds. The zero-order valence-electron chi connectivity index (χ0n) is 11.9. The fourth-order valence-corrected chi connectivity index (χ4v) is 2.49. The second-order valence-corrected chi connectivity index (χ2v) is 5.66. The summed E-state index contributed by atoms with van der Waals surface area (Å²) in [6.45, 7) is 4.68. The van der Waals surface area contributed by atoms with Crippen LogP contribution in [0.15, 0.2) is 42.5 Å². The molecule has 2 rings (SSSR count). The van der Waals surface area contributed by atoms with Crippen LogP contribution >= 0.6 is 11.6 Å². The van der Waals surface area contributed by atoms with Crippen LogP contribution in [0, 0.1) is 13.8 Å². The van der Waals surface area contributed by atoms with Crippen molar-refractivity contribution in [2.24, 2.45) is 5.73 Å². The molecular weight excluding hydrogens is 270 g/mol. The summed E-state index contributed by atoms with van der Waals surface area (Å²) in [6.07, 6.45) is 0.809. The Kier molecular flexibility index (Phi) is 5.05. The summed E-state index contributed by atoms with van der Waals surface area (Å²) < 4.78 is 5.67. The van der Waals surface area contributed by atoms with Gasteiger partial charge in [-0.3, -0.25) is 0 Å². The van der Waals surface area contributed by atoms with Gasteiger partial charge in [0.05, 0.1) is 0 Å². The van der Waals surface area contributed by atoms with E-state index in [0.717, 1.165) is 12.2 Å². The van der Waals surface area contributed by atoms with Crippen molar-refractivity contribution in [2.75, 3.05) is 6.61 Å². The summed E-state index contributed by atoms with van der Waals surface area (Å²) in [4.78, 5) is 0. The van der Waals surface area contributed by atoms with Gasteiger partial charge < -0.3 is 10.5 Å². The first-order valence-electron chi connectivity index (χ1n) is 6.74. The lowest BCUT2D eigenvalue weighted by Crippen LogP contribution is -2.30. The van der Waals surface area contributed by atoms with Crippen molar-refractivity contribution in [3.05, 3.63) is 64.2 Å². The van der Waals surface area contributed by atoms with E-state index >= 15 is 0 Å². The topological polar surface area (TPSA) is 35.2 Å². The number of hydrogen-bond donors (Lipinski definition) is 1. The molecule has 0 radical (unpaired) electrons. The second-order valence-electron chi connectivity index (χ2n) is 5.23. The van der Waals surface area contributed by atoms with Gasteiger partial charge in [-0.1, -0.05) is 47.0 Å². The molecule has 1 atom stereocenters. The average molecular weight is 290 g/mol. The Balaban J connectivity index is 1.90. The van der Waals surface area contributed by atoms with Crippen molar-refractivity contribution >= 4 is 11.6 Å². The van der Waals surface area contributed by atoms with Gasteiger partial charge in [0.1, 0.15) is 12.4 Å². The van der Waals surface area contributed by atoms with Crippen LogP contribution in [-0.2, 0) is 6.42 Å². The zero-order valence-corrected chi connectivity index (χ0v) is 12.7. The van der Waals surface area contributed by atoms with Crippen molar-refractivity contribution in [2.45, 2.75) is 26.3 Å². The quantitative estimate of drug-likeness (QED) is 0.906. The SMILES string of the molecule is Cc1cc(C)cc(CC(N)COc2cccc(Cl)c2)c1. The summed E-state index contributed by atoms with van der Waals surface area (Å²) in [5.41, 5.74) is 9.92. The third kappa shape index (κ3) is 4.55. The zero-order chi connectivity index (χ0) is 14.5. The fourth-order valence-electron chi connectivity index (χ4n) is 2.31. The minimum absolute atomic E-state index is 0.0322. The number of aryl methyl sites for hydroxylation is 2. The van der Waals surface area contributed by atoms with E-state index in [-0.39, 0.29) is 6.04 Å². The molecule has 0 fully saturated rings. The molecule has 0 saturated heterocycles. The molecule has 0 aliphatic heterocycles. The van der Waals surface area contributed by atoms with E-state index in [4.69, 9.17) is 22.1 Å². The van der Waals surface area contributed by atoms with Gasteiger partial charge in [0.25, 0.3) is 0 Å². The Morgan fingerprint density at radius 3 is 2.45 bits per heavy atom. The molecule has 2 aromatic rings. The number of ether oxygens (including phenoxy) is 1. The normalized spacial score (nSPS) is 12.2. The van der Waals surface area contributed by atoms with E-state index in [1.54, 1.807) is 6.07 Å². The molecule has 20 heavy (non-hydrogen) atoms. The van der Waals surface area contributed by atoms with E-state index in [1.165, 1.54) is 16.7 Å². The van der Waals surface area contributed by atoms with Crippen molar-refractivity contribution < 1.29 is 4.74 Å². The van der Waals surface area contributed by atoms with Gasteiger partial charge in [-0.25, -0.2) is 0 Å². The predicted octanol–water partition coefficient (Wildman–Crippen LogP) is 3.91. The number of halogens is 1. The lowest BCUT2D eigenvalue weighted by molar-refractivity contribution is 0.287. The van der Waals surface area contributed by atoms with Gasteiger partial charge in [0.15, 0.2) is 0 Å². The molecule has 0 aromatic heterocycles. The molecule has 0 spiro atoms. The molecule has 2 N–H and O–H groups in total. The van der Waals surface area contributed by atoms with Crippen LogP contribution in [0.5, 0.6) is 5.75 Å². The Bertz CT molecular complexity index is 563. The van der Waals surface area contributed by atoms with Gasteiger partial charge in [-0.2, -0.15) is 0 Å². The Morgan fingerprint density at radius 2 is 1.80 bits per heavy atom. The van der Waals surface area contributed by atoms with Crippen LogP contribution in [0.4, 0.5) is 0 Å². The standard InChI is InChI=1S/C17H20ClNO/c1-12-6-13(2)8-14(7-12)9-16(19)11-20-17-5-3-4-15(18)10-17/h3-8,10,16H,9,11,19H2,1-2H3. The molecule has 0 saturated carbocycles. The first-order chi connectivity index (χ1) is 9.52. The number of hydrogen-bond acceptors (Lipinski definition) is 2. The summed E-state index contributed by atoms with van der Waals surface area (Å²) in [7, 11) is 0. The van der Waals surface area contributed by atoms with Gasteiger partial charge >= 0.3 is 0 Å². The largest absolute Gasteiger partial charge is 0.492 e. The van der Waals surface area contributed by atoms with E-state index in [9.17, 15) is 0 Å². The molecule has 0 heterocycles. The van der Waals surface area contributed by atoms with Crippen LogP contribution in [0.2, 0.25) is 5.02 Å². The minimum Gasteiger partial charge on any atom is -0.492 e. The maximum Gasteiger partial charge on any atom is 0.120 e. The number of nitrogens with two attached hydrogens (primary N) is 1.